The number of hydrogen-bond donors (Lipinski definition) is 3. The molecule has 0 saturated heterocycles. The van der Waals surface area contributed by atoms with Gasteiger partial charge in [-0.15, -0.1) is 0 Å². The van der Waals surface area contributed by atoms with Crippen LogP contribution in [-0.4, -0.2) is 30.9 Å². The second kappa shape index (κ2) is 6.61. The van der Waals surface area contributed by atoms with E-state index in [1.165, 1.54) is 0 Å². The number of hydrogen-bond acceptors (Lipinski definition) is 3. The molecular formula is C15H24N2O3. The van der Waals surface area contributed by atoms with Gasteiger partial charge in [0.1, 0.15) is 5.75 Å². The van der Waals surface area contributed by atoms with Gasteiger partial charge in [-0.1, -0.05) is 26.8 Å². The number of amides is 2. The first-order chi connectivity index (χ1) is 9.24. The van der Waals surface area contributed by atoms with Crippen molar-refractivity contribution in [2.45, 2.75) is 33.8 Å². The third-order valence-electron chi connectivity index (χ3n) is 3.06. The van der Waals surface area contributed by atoms with Crippen molar-refractivity contribution in [3.05, 3.63) is 23.8 Å². The van der Waals surface area contributed by atoms with E-state index in [-0.39, 0.29) is 18.0 Å². The van der Waals surface area contributed by atoms with Crippen LogP contribution in [0.3, 0.4) is 0 Å². The number of anilines is 1. The maximum Gasteiger partial charge on any atom is 0.319 e. The lowest BCUT2D eigenvalue weighted by molar-refractivity contribution is 0.0654. The van der Waals surface area contributed by atoms with Crippen LogP contribution in [0.25, 0.3) is 0 Å². The van der Waals surface area contributed by atoms with E-state index in [0.29, 0.717) is 11.4 Å². The summed E-state index contributed by atoms with van der Waals surface area (Å²) in [6.07, 6.45) is -0.604. The van der Waals surface area contributed by atoms with Gasteiger partial charge >= 0.3 is 6.03 Å². The fraction of sp³-hybridized carbons (Fsp3) is 0.533. The molecule has 0 aliphatic heterocycles. The zero-order valence-corrected chi connectivity index (χ0v) is 12.8. The van der Waals surface area contributed by atoms with Gasteiger partial charge in [0.25, 0.3) is 0 Å². The minimum Gasteiger partial charge on any atom is -0.495 e. The van der Waals surface area contributed by atoms with Gasteiger partial charge in [0.05, 0.1) is 18.9 Å². The van der Waals surface area contributed by atoms with Crippen LogP contribution < -0.4 is 15.4 Å². The Bertz CT molecular complexity index is 467. The van der Waals surface area contributed by atoms with Crippen molar-refractivity contribution in [3.8, 4) is 5.75 Å². The van der Waals surface area contributed by atoms with Crippen molar-refractivity contribution in [1.82, 2.24) is 5.32 Å². The Morgan fingerprint density at radius 2 is 2.05 bits per heavy atom. The molecule has 0 radical (unpaired) electrons. The molecule has 3 N–H and O–H groups in total. The summed E-state index contributed by atoms with van der Waals surface area (Å²) in [4.78, 5) is 11.8. The summed E-state index contributed by atoms with van der Waals surface area (Å²) < 4.78 is 5.22. The Balaban J connectivity index is 2.59. The van der Waals surface area contributed by atoms with E-state index in [1.54, 1.807) is 13.2 Å². The van der Waals surface area contributed by atoms with E-state index in [9.17, 15) is 9.90 Å². The highest BCUT2D eigenvalue weighted by atomic mass is 16.5. The molecule has 2 amide bonds. The molecule has 1 atom stereocenters. The number of carbonyl (C=O) groups excluding carboxylic acids is 1. The normalized spacial score (nSPS) is 12.7. The number of nitrogens with one attached hydrogen (secondary N) is 2. The fourth-order valence-electron chi connectivity index (χ4n) is 1.56. The summed E-state index contributed by atoms with van der Waals surface area (Å²) in [7, 11) is 1.56. The number of carbonyl (C=O) groups is 1. The van der Waals surface area contributed by atoms with Crippen molar-refractivity contribution in [2.24, 2.45) is 5.41 Å². The van der Waals surface area contributed by atoms with Crippen LogP contribution in [0.1, 0.15) is 26.3 Å². The molecule has 1 aromatic rings. The van der Waals surface area contributed by atoms with Crippen LogP contribution in [0.5, 0.6) is 5.75 Å². The summed E-state index contributed by atoms with van der Waals surface area (Å²) in [5, 5.41) is 15.2. The molecule has 0 aliphatic carbocycles. The van der Waals surface area contributed by atoms with Crippen LogP contribution in [0, 0.1) is 12.3 Å². The second-order valence-electron chi connectivity index (χ2n) is 5.92. The molecule has 0 fully saturated rings. The number of aliphatic hydroxyl groups is 1. The molecule has 5 heteroatoms. The van der Waals surface area contributed by atoms with Crippen molar-refractivity contribution < 1.29 is 14.6 Å². The monoisotopic (exact) mass is 280 g/mol. The minimum absolute atomic E-state index is 0.198. The zero-order chi connectivity index (χ0) is 15.3. The second-order valence-corrected chi connectivity index (χ2v) is 5.92. The number of urea groups is 1. The van der Waals surface area contributed by atoms with Crippen molar-refractivity contribution in [3.63, 3.8) is 0 Å². The number of methoxy groups -OCH3 is 1. The van der Waals surface area contributed by atoms with Crippen molar-refractivity contribution >= 4 is 11.7 Å². The van der Waals surface area contributed by atoms with Gasteiger partial charge in [-0.25, -0.2) is 4.79 Å². The average Bonchev–Trinajstić information content (AvgIpc) is 2.36. The van der Waals surface area contributed by atoms with Crippen LogP contribution in [0.4, 0.5) is 10.5 Å². The Morgan fingerprint density at radius 3 is 2.60 bits per heavy atom. The third-order valence-corrected chi connectivity index (χ3v) is 3.06. The van der Waals surface area contributed by atoms with Crippen LogP contribution >= 0.6 is 0 Å². The van der Waals surface area contributed by atoms with E-state index in [1.807, 2.05) is 39.8 Å². The van der Waals surface area contributed by atoms with E-state index < -0.39 is 6.10 Å². The van der Waals surface area contributed by atoms with Gasteiger partial charge in [-0.3, -0.25) is 0 Å². The van der Waals surface area contributed by atoms with E-state index in [2.05, 4.69) is 10.6 Å². The Hall–Kier alpha value is -1.75. The molecule has 5 nitrogen and oxygen atoms in total. The summed E-state index contributed by atoms with van der Waals surface area (Å²) in [5.41, 5.74) is 1.38. The standard InChI is InChI=1S/C15H24N2O3/c1-10-6-7-11(12(8-10)20-5)17-14(19)16-9-13(18)15(2,3)4/h6-8,13,18H,9H2,1-5H3,(H2,16,17,19). The van der Waals surface area contributed by atoms with Gasteiger partial charge in [-0.05, 0) is 30.0 Å². The molecular weight excluding hydrogens is 256 g/mol. The lowest BCUT2D eigenvalue weighted by Gasteiger charge is -2.25. The maximum absolute atomic E-state index is 11.8. The predicted molar refractivity (Wildman–Crippen MR) is 80.2 cm³/mol. The van der Waals surface area contributed by atoms with Crippen LogP contribution in [-0.2, 0) is 0 Å². The Kier molecular flexibility index (Phi) is 5.39. The maximum atomic E-state index is 11.8. The van der Waals surface area contributed by atoms with E-state index in [4.69, 9.17) is 4.74 Å². The minimum atomic E-state index is -0.604. The lowest BCUT2D eigenvalue weighted by atomic mass is 9.89. The van der Waals surface area contributed by atoms with Crippen molar-refractivity contribution in [1.29, 1.82) is 0 Å². The third kappa shape index (κ3) is 4.74. The average molecular weight is 280 g/mol. The molecule has 20 heavy (non-hydrogen) atoms. The number of benzene rings is 1. The smallest absolute Gasteiger partial charge is 0.319 e. The molecule has 1 aromatic carbocycles. The van der Waals surface area contributed by atoms with E-state index >= 15 is 0 Å². The predicted octanol–water partition coefficient (Wildman–Crippen LogP) is 2.53. The van der Waals surface area contributed by atoms with Gasteiger partial charge in [0.2, 0.25) is 0 Å². The largest absolute Gasteiger partial charge is 0.495 e. The highest BCUT2D eigenvalue weighted by Crippen LogP contribution is 2.25. The van der Waals surface area contributed by atoms with Crippen molar-refractivity contribution in [2.75, 3.05) is 19.0 Å². The van der Waals surface area contributed by atoms with E-state index in [0.717, 1.165) is 5.56 Å². The van der Waals surface area contributed by atoms with Gasteiger partial charge in [0, 0.05) is 6.54 Å². The molecule has 0 spiro atoms. The Morgan fingerprint density at radius 1 is 1.40 bits per heavy atom. The number of ether oxygens (including phenoxy) is 1. The molecule has 112 valence electrons. The molecule has 0 aromatic heterocycles. The Labute approximate surface area is 120 Å². The molecule has 1 unspecified atom stereocenters. The van der Waals surface area contributed by atoms with Gasteiger partial charge < -0.3 is 20.5 Å². The molecule has 0 aliphatic rings. The quantitative estimate of drug-likeness (QED) is 0.793. The zero-order valence-electron chi connectivity index (χ0n) is 12.8. The molecule has 0 bridgehead atoms. The summed E-state index contributed by atoms with van der Waals surface area (Å²) in [6, 6.07) is 5.16. The lowest BCUT2D eigenvalue weighted by Crippen LogP contribution is -2.40. The highest BCUT2D eigenvalue weighted by molar-refractivity contribution is 5.91. The molecule has 1 rings (SSSR count). The number of aliphatic hydroxyl groups excluding tert-OH is 1. The number of rotatable bonds is 4. The summed E-state index contributed by atoms with van der Waals surface area (Å²) in [5.74, 6) is 0.608. The first kappa shape index (κ1) is 16.3. The molecule has 0 saturated carbocycles. The highest BCUT2D eigenvalue weighted by Gasteiger charge is 2.22. The molecule has 0 heterocycles. The van der Waals surface area contributed by atoms with Gasteiger partial charge in [-0.2, -0.15) is 0 Å². The van der Waals surface area contributed by atoms with Gasteiger partial charge in [0.15, 0.2) is 0 Å². The number of aryl methyl sites for hydroxylation is 1. The SMILES string of the molecule is COc1cc(C)ccc1NC(=O)NCC(O)C(C)(C)C. The first-order valence-corrected chi connectivity index (χ1v) is 6.61. The van der Waals surface area contributed by atoms with Crippen LogP contribution in [0.2, 0.25) is 0 Å². The summed E-state index contributed by atoms with van der Waals surface area (Å²) in [6.45, 7) is 7.90. The van der Waals surface area contributed by atoms with Crippen LogP contribution in [0.15, 0.2) is 18.2 Å². The first-order valence-electron chi connectivity index (χ1n) is 6.61. The fourth-order valence-corrected chi connectivity index (χ4v) is 1.56. The summed E-state index contributed by atoms with van der Waals surface area (Å²) >= 11 is 0. The topological polar surface area (TPSA) is 70.6 Å².